The number of nitrogens with zero attached hydrogens (tertiary/aromatic N) is 2. The van der Waals surface area contributed by atoms with Crippen molar-refractivity contribution in [3.05, 3.63) is 48.0 Å². The number of amides is 1. The van der Waals surface area contributed by atoms with Gasteiger partial charge in [0.25, 0.3) is 5.91 Å². The van der Waals surface area contributed by atoms with Gasteiger partial charge in [0.05, 0.1) is 16.3 Å². The highest BCUT2D eigenvalue weighted by atomic mass is 32.2. The average molecular weight is 448 g/mol. The Kier molecular flexibility index (Phi) is 7.44. The number of hydrogen-bond acceptors (Lipinski definition) is 5. The monoisotopic (exact) mass is 447 g/mol. The van der Waals surface area contributed by atoms with E-state index in [1.165, 1.54) is 4.31 Å². The second-order valence-corrected chi connectivity index (χ2v) is 9.96. The van der Waals surface area contributed by atoms with Crippen LogP contribution in [0.3, 0.4) is 0 Å². The fourth-order valence-corrected chi connectivity index (χ4v) is 5.55. The zero-order valence-corrected chi connectivity index (χ0v) is 19.4. The summed E-state index contributed by atoms with van der Waals surface area (Å²) in [7, 11) is -3.61. The molecule has 1 aliphatic heterocycles. The van der Waals surface area contributed by atoms with Gasteiger partial charge in [0.2, 0.25) is 10.0 Å². The maximum absolute atomic E-state index is 13.0. The quantitative estimate of drug-likeness (QED) is 0.611. The molecule has 0 unspecified atom stereocenters. The van der Waals surface area contributed by atoms with Crippen LogP contribution < -0.4 is 10.2 Å². The molecule has 1 amide bonds. The topological polar surface area (TPSA) is 69.7 Å². The summed E-state index contributed by atoms with van der Waals surface area (Å²) in [5.41, 5.74) is 1.93. The van der Waals surface area contributed by atoms with Crippen molar-refractivity contribution in [3.8, 4) is 0 Å². The van der Waals surface area contributed by atoms with Crippen LogP contribution in [-0.2, 0) is 10.0 Å². The first-order valence-electron chi connectivity index (χ1n) is 10.2. The maximum atomic E-state index is 13.0. The molecule has 0 saturated carbocycles. The van der Waals surface area contributed by atoms with Gasteiger partial charge in [-0.05, 0) is 61.6 Å². The summed E-state index contributed by atoms with van der Waals surface area (Å²) < 4.78 is 27.4. The van der Waals surface area contributed by atoms with Crippen LogP contribution in [0.2, 0.25) is 0 Å². The summed E-state index contributed by atoms with van der Waals surface area (Å²) in [6.07, 6.45) is 4.16. The lowest BCUT2D eigenvalue weighted by atomic mass is 10.2. The highest BCUT2D eigenvalue weighted by molar-refractivity contribution is 7.98. The van der Waals surface area contributed by atoms with E-state index < -0.39 is 10.0 Å². The van der Waals surface area contributed by atoms with E-state index in [-0.39, 0.29) is 10.8 Å². The van der Waals surface area contributed by atoms with E-state index in [1.807, 2.05) is 38.3 Å². The molecule has 0 bridgehead atoms. The third-order valence-corrected chi connectivity index (χ3v) is 8.15. The number of benzene rings is 2. The van der Waals surface area contributed by atoms with Gasteiger partial charge in [0, 0.05) is 36.6 Å². The Bertz CT molecular complexity index is 981. The number of sulfonamides is 1. The number of rotatable bonds is 8. The Morgan fingerprint density at radius 3 is 2.27 bits per heavy atom. The summed E-state index contributed by atoms with van der Waals surface area (Å²) in [5.74, 6) is -0.250. The van der Waals surface area contributed by atoms with E-state index >= 15 is 0 Å². The van der Waals surface area contributed by atoms with E-state index in [9.17, 15) is 13.2 Å². The Morgan fingerprint density at radius 2 is 1.70 bits per heavy atom. The lowest BCUT2D eigenvalue weighted by Crippen LogP contribution is -2.31. The third kappa shape index (κ3) is 4.82. The van der Waals surface area contributed by atoms with Crippen molar-refractivity contribution in [1.82, 2.24) is 4.31 Å². The number of thioether (sulfide) groups is 1. The van der Waals surface area contributed by atoms with E-state index in [2.05, 4.69) is 10.2 Å². The molecule has 2 aromatic carbocycles. The van der Waals surface area contributed by atoms with E-state index in [4.69, 9.17) is 0 Å². The maximum Gasteiger partial charge on any atom is 0.255 e. The van der Waals surface area contributed by atoms with Crippen LogP contribution in [0.15, 0.2) is 52.3 Å². The molecule has 0 radical (unpaired) electrons. The molecule has 0 aliphatic carbocycles. The van der Waals surface area contributed by atoms with Crippen LogP contribution in [-0.4, -0.2) is 51.1 Å². The molecule has 2 aromatic rings. The summed E-state index contributed by atoms with van der Waals surface area (Å²) >= 11 is 1.61. The van der Waals surface area contributed by atoms with Crippen molar-refractivity contribution in [2.24, 2.45) is 0 Å². The second-order valence-electron chi connectivity index (χ2n) is 7.15. The minimum Gasteiger partial charge on any atom is -0.370 e. The molecule has 30 heavy (non-hydrogen) atoms. The number of carbonyl (C=O) groups is 1. The van der Waals surface area contributed by atoms with Crippen LogP contribution in [0.5, 0.6) is 0 Å². The van der Waals surface area contributed by atoms with Crippen molar-refractivity contribution >= 4 is 39.1 Å². The van der Waals surface area contributed by atoms with Crippen molar-refractivity contribution in [1.29, 1.82) is 0 Å². The van der Waals surface area contributed by atoms with E-state index in [0.29, 0.717) is 24.3 Å². The molecule has 1 fully saturated rings. The Morgan fingerprint density at radius 1 is 1.07 bits per heavy atom. The van der Waals surface area contributed by atoms with Crippen LogP contribution in [0.1, 0.15) is 37.0 Å². The zero-order chi connectivity index (χ0) is 21.7. The molecule has 0 atom stereocenters. The predicted molar refractivity (Wildman–Crippen MR) is 124 cm³/mol. The molecule has 1 saturated heterocycles. The zero-order valence-electron chi connectivity index (χ0n) is 17.7. The van der Waals surface area contributed by atoms with Gasteiger partial charge in [0.15, 0.2) is 0 Å². The van der Waals surface area contributed by atoms with Crippen LogP contribution in [0, 0.1) is 0 Å². The van der Waals surface area contributed by atoms with Gasteiger partial charge in [-0.2, -0.15) is 4.31 Å². The molecule has 1 N–H and O–H groups in total. The van der Waals surface area contributed by atoms with Gasteiger partial charge in [-0.15, -0.1) is 11.8 Å². The van der Waals surface area contributed by atoms with Crippen molar-refractivity contribution in [2.75, 3.05) is 42.7 Å². The van der Waals surface area contributed by atoms with Crippen LogP contribution in [0.4, 0.5) is 11.4 Å². The highest BCUT2D eigenvalue weighted by Gasteiger charge is 2.25. The molecular weight excluding hydrogens is 418 g/mol. The standard InChI is InChI=1S/C22H29N3O3S2/c1-4-25(5-2)30(27,28)19-12-13-21(24-14-6-7-15-24)20(16-19)23-22(26)17-8-10-18(29-3)11-9-17/h8-13,16H,4-7,14-15H2,1-3H3,(H,23,26). The second kappa shape index (κ2) is 9.85. The molecule has 162 valence electrons. The number of anilines is 2. The summed E-state index contributed by atoms with van der Waals surface area (Å²) in [4.78, 5) is 16.4. The SMILES string of the molecule is CCN(CC)S(=O)(=O)c1ccc(N2CCCC2)c(NC(=O)c2ccc(SC)cc2)c1. The fourth-order valence-electron chi connectivity index (χ4n) is 3.66. The number of carbonyl (C=O) groups excluding carboxylic acids is 1. The largest absolute Gasteiger partial charge is 0.370 e. The average Bonchev–Trinajstić information content (AvgIpc) is 3.29. The summed E-state index contributed by atoms with van der Waals surface area (Å²) in [6, 6.07) is 12.4. The van der Waals surface area contributed by atoms with E-state index in [1.54, 1.807) is 36.0 Å². The molecule has 1 heterocycles. The highest BCUT2D eigenvalue weighted by Crippen LogP contribution is 2.32. The Labute approximate surface area is 183 Å². The molecule has 1 aliphatic rings. The fraction of sp³-hybridized carbons (Fsp3) is 0.409. The third-order valence-electron chi connectivity index (χ3n) is 5.36. The first kappa shape index (κ1) is 22.7. The first-order valence-corrected chi connectivity index (χ1v) is 12.9. The smallest absolute Gasteiger partial charge is 0.255 e. The lowest BCUT2D eigenvalue weighted by Gasteiger charge is -2.24. The Hall–Kier alpha value is -2.03. The summed E-state index contributed by atoms with van der Waals surface area (Å²) in [6.45, 7) is 6.23. The molecule has 0 aromatic heterocycles. The van der Waals surface area contributed by atoms with E-state index in [0.717, 1.165) is 36.5 Å². The number of hydrogen-bond donors (Lipinski definition) is 1. The Balaban J connectivity index is 1.97. The minimum absolute atomic E-state index is 0.196. The van der Waals surface area contributed by atoms with Gasteiger partial charge in [-0.3, -0.25) is 4.79 Å². The van der Waals surface area contributed by atoms with Gasteiger partial charge in [0.1, 0.15) is 0 Å². The number of nitrogens with one attached hydrogen (secondary N) is 1. The van der Waals surface area contributed by atoms with Crippen molar-refractivity contribution in [3.63, 3.8) is 0 Å². The normalized spacial score (nSPS) is 14.3. The minimum atomic E-state index is -3.61. The van der Waals surface area contributed by atoms with Gasteiger partial charge in [-0.25, -0.2) is 8.42 Å². The lowest BCUT2D eigenvalue weighted by molar-refractivity contribution is 0.102. The first-order chi connectivity index (χ1) is 14.4. The predicted octanol–water partition coefficient (Wildman–Crippen LogP) is 4.29. The van der Waals surface area contributed by atoms with Gasteiger partial charge >= 0.3 is 0 Å². The van der Waals surface area contributed by atoms with Crippen molar-refractivity contribution in [2.45, 2.75) is 36.5 Å². The van der Waals surface area contributed by atoms with Gasteiger partial charge < -0.3 is 10.2 Å². The molecular formula is C22H29N3O3S2. The molecule has 3 rings (SSSR count). The molecule has 8 heteroatoms. The van der Waals surface area contributed by atoms with Crippen molar-refractivity contribution < 1.29 is 13.2 Å². The van der Waals surface area contributed by atoms with Crippen LogP contribution >= 0.6 is 11.8 Å². The van der Waals surface area contributed by atoms with Crippen LogP contribution in [0.25, 0.3) is 0 Å². The molecule has 6 nitrogen and oxygen atoms in total. The van der Waals surface area contributed by atoms with Gasteiger partial charge in [-0.1, -0.05) is 13.8 Å². The summed E-state index contributed by atoms with van der Waals surface area (Å²) in [5, 5.41) is 2.96. The molecule has 0 spiro atoms.